The molecule has 0 unspecified atom stereocenters. The summed E-state index contributed by atoms with van der Waals surface area (Å²) in [4.78, 5) is 26.0. The van der Waals surface area contributed by atoms with Crippen molar-refractivity contribution in [2.45, 2.75) is 23.4 Å². The summed E-state index contributed by atoms with van der Waals surface area (Å²) >= 11 is 1.44. The van der Waals surface area contributed by atoms with Crippen LogP contribution < -0.4 is 15.7 Å². The van der Waals surface area contributed by atoms with Gasteiger partial charge in [0.2, 0.25) is 5.91 Å². The molecule has 0 aliphatic heterocycles. The predicted octanol–water partition coefficient (Wildman–Crippen LogP) is 3.08. The topological polar surface area (TPSA) is 90.5 Å². The van der Waals surface area contributed by atoms with Gasteiger partial charge in [-0.15, -0.1) is 5.10 Å². The standard InChI is InChI=1S/C21H19N5O3S/c1-2-29-16-10-8-15(9-11-16)22-19(27)14-25-21(28)26-18(23-25)12-13-20(24-26)30-17-6-4-3-5-7-17/h3-13H,2,14H2,1H3,(H,22,27). The lowest BCUT2D eigenvalue weighted by Gasteiger charge is -2.06. The SMILES string of the molecule is CCOc1ccc(NC(=O)Cn2nc3ccc(Sc4ccccc4)nn3c2=O)cc1. The molecule has 2 heterocycles. The molecule has 0 aliphatic carbocycles. The molecular weight excluding hydrogens is 402 g/mol. The Balaban J connectivity index is 1.48. The van der Waals surface area contributed by atoms with Crippen LogP contribution in [0.5, 0.6) is 5.75 Å². The molecule has 1 amide bonds. The van der Waals surface area contributed by atoms with Gasteiger partial charge < -0.3 is 10.1 Å². The number of carbonyl (C=O) groups excluding carboxylic acids is 1. The Morgan fingerprint density at radius 1 is 1.03 bits per heavy atom. The number of aromatic nitrogens is 4. The number of amides is 1. The van der Waals surface area contributed by atoms with Gasteiger partial charge in [0.1, 0.15) is 17.3 Å². The number of ether oxygens (including phenoxy) is 1. The lowest BCUT2D eigenvalue weighted by molar-refractivity contribution is -0.117. The molecule has 0 radical (unpaired) electrons. The Morgan fingerprint density at radius 2 is 1.80 bits per heavy atom. The fourth-order valence-electron chi connectivity index (χ4n) is 2.80. The van der Waals surface area contributed by atoms with Crippen molar-refractivity contribution < 1.29 is 9.53 Å². The molecule has 2 aromatic carbocycles. The summed E-state index contributed by atoms with van der Waals surface area (Å²) in [6.45, 7) is 2.26. The van der Waals surface area contributed by atoms with Crippen LogP contribution in [-0.2, 0) is 11.3 Å². The van der Waals surface area contributed by atoms with Gasteiger partial charge in [-0.3, -0.25) is 4.79 Å². The highest BCUT2D eigenvalue weighted by Gasteiger charge is 2.13. The van der Waals surface area contributed by atoms with Crippen LogP contribution in [0.25, 0.3) is 5.65 Å². The molecule has 9 heteroatoms. The highest BCUT2D eigenvalue weighted by Crippen LogP contribution is 2.25. The second kappa shape index (κ2) is 8.83. The van der Waals surface area contributed by atoms with E-state index in [-0.39, 0.29) is 12.5 Å². The van der Waals surface area contributed by atoms with Gasteiger partial charge in [-0.1, -0.05) is 30.0 Å². The van der Waals surface area contributed by atoms with E-state index >= 15 is 0 Å². The highest BCUT2D eigenvalue weighted by atomic mass is 32.2. The van der Waals surface area contributed by atoms with Crippen LogP contribution in [0.2, 0.25) is 0 Å². The quantitative estimate of drug-likeness (QED) is 0.493. The number of rotatable bonds is 7. The first-order valence-corrected chi connectivity index (χ1v) is 10.2. The smallest absolute Gasteiger partial charge is 0.367 e. The third-order valence-electron chi connectivity index (χ3n) is 4.12. The van der Waals surface area contributed by atoms with E-state index in [9.17, 15) is 9.59 Å². The number of carbonyl (C=O) groups is 1. The number of anilines is 1. The zero-order valence-corrected chi connectivity index (χ0v) is 17.0. The van der Waals surface area contributed by atoms with E-state index in [0.29, 0.717) is 23.0 Å². The van der Waals surface area contributed by atoms with Crippen LogP contribution in [0, 0.1) is 0 Å². The molecule has 0 fully saturated rings. The maximum Gasteiger partial charge on any atom is 0.367 e. The van der Waals surface area contributed by atoms with Crippen LogP contribution in [-0.4, -0.2) is 31.9 Å². The van der Waals surface area contributed by atoms with Crippen LogP contribution in [0.1, 0.15) is 6.92 Å². The average Bonchev–Trinajstić information content (AvgIpc) is 3.05. The Hall–Kier alpha value is -3.59. The van der Waals surface area contributed by atoms with E-state index in [1.165, 1.54) is 16.3 Å². The van der Waals surface area contributed by atoms with Gasteiger partial charge in [0, 0.05) is 10.6 Å². The maximum absolute atomic E-state index is 12.6. The normalized spacial score (nSPS) is 10.8. The molecule has 0 aliphatic rings. The molecule has 0 saturated carbocycles. The molecule has 0 saturated heterocycles. The maximum atomic E-state index is 12.6. The van der Waals surface area contributed by atoms with Gasteiger partial charge in [0.05, 0.1) is 6.61 Å². The van der Waals surface area contributed by atoms with Crippen LogP contribution in [0.4, 0.5) is 5.69 Å². The minimum absolute atomic E-state index is 0.212. The molecule has 4 rings (SSSR count). The van der Waals surface area contributed by atoms with Gasteiger partial charge in [-0.2, -0.15) is 9.61 Å². The fourth-order valence-corrected chi connectivity index (χ4v) is 3.59. The number of hydrogen-bond acceptors (Lipinski definition) is 6. The first-order chi connectivity index (χ1) is 14.6. The molecular formula is C21H19N5O3S. The van der Waals surface area contributed by atoms with Crippen molar-refractivity contribution in [3.05, 3.63) is 77.2 Å². The van der Waals surface area contributed by atoms with E-state index in [2.05, 4.69) is 15.5 Å². The van der Waals surface area contributed by atoms with Crippen molar-refractivity contribution in [3.8, 4) is 5.75 Å². The van der Waals surface area contributed by atoms with E-state index in [4.69, 9.17) is 4.74 Å². The molecule has 2 aromatic heterocycles. The van der Waals surface area contributed by atoms with Gasteiger partial charge in [0.15, 0.2) is 5.65 Å². The lowest BCUT2D eigenvalue weighted by Crippen LogP contribution is -2.28. The van der Waals surface area contributed by atoms with Gasteiger partial charge in [-0.25, -0.2) is 9.48 Å². The van der Waals surface area contributed by atoms with Crippen LogP contribution >= 0.6 is 11.8 Å². The third-order valence-corrected chi connectivity index (χ3v) is 5.06. The Morgan fingerprint density at radius 3 is 2.53 bits per heavy atom. The largest absolute Gasteiger partial charge is 0.494 e. The van der Waals surface area contributed by atoms with Crippen LogP contribution in [0.15, 0.2) is 81.4 Å². The summed E-state index contributed by atoms with van der Waals surface area (Å²) in [6, 6.07) is 20.3. The van der Waals surface area contributed by atoms with Gasteiger partial charge in [0.25, 0.3) is 0 Å². The van der Waals surface area contributed by atoms with E-state index in [1.54, 1.807) is 36.4 Å². The zero-order chi connectivity index (χ0) is 20.9. The number of fused-ring (bicyclic) bond motifs is 1. The lowest BCUT2D eigenvalue weighted by atomic mass is 10.3. The minimum Gasteiger partial charge on any atom is -0.494 e. The molecule has 30 heavy (non-hydrogen) atoms. The summed E-state index contributed by atoms with van der Waals surface area (Å²) < 4.78 is 7.68. The summed E-state index contributed by atoms with van der Waals surface area (Å²) in [6.07, 6.45) is 0. The molecule has 0 spiro atoms. The Labute approximate surface area is 176 Å². The summed E-state index contributed by atoms with van der Waals surface area (Å²) in [7, 11) is 0. The monoisotopic (exact) mass is 421 g/mol. The van der Waals surface area contributed by atoms with Gasteiger partial charge >= 0.3 is 5.69 Å². The summed E-state index contributed by atoms with van der Waals surface area (Å²) in [5, 5.41) is 12.0. The second-order valence-corrected chi connectivity index (χ2v) is 7.40. The molecule has 0 bridgehead atoms. The molecule has 1 N–H and O–H groups in total. The number of nitrogens with zero attached hydrogens (tertiary/aromatic N) is 4. The summed E-state index contributed by atoms with van der Waals surface area (Å²) in [5.74, 6) is 0.367. The van der Waals surface area contributed by atoms with Crippen LogP contribution in [0.3, 0.4) is 0 Å². The van der Waals surface area contributed by atoms with Crippen molar-refractivity contribution >= 4 is 29.0 Å². The first-order valence-electron chi connectivity index (χ1n) is 9.35. The molecule has 0 atom stereocenters. The third kappa shape index (κ3) is 4.52. The predicted molar refractivity (Wildman–Crippen MR) is 114 cm³/mol. The Bertz CT molecular complexity index is 1220. The van der Waals surface area contributed by atoms with Gasteiger partial charge in [-0.05, 0) is 55.5 Å². The summed E-state index contributed by atoms with van der Waals surface area (Å²) in [5.41, 5.74) is 0.522. The van der Waals surface area contributed by atoms with E-state index in [0.717, 1.165) is 15.3 Å². The average molecular weight is 421 g/mol. The number of nitrogens with one attached hydrogen (secondary N) is 1. The van der Waals surface area contributed by atoms with Crippen molar-refractivity contribution in [3.63, 3.8) is 0 Å². The molecule has 4 aromatic rings. The zero-order valence-electron chi connectivity index (χ0n) is 16.2. The number of benzene rings is 2. The number of hydrogen-bond donors (Lipinski definition) is 1. The minimum atomic E-state index is -0.470. The van der Waals surface area contributed by atoms with Crippen molar-refractivity contribution in [1.29, 1.82) is 0 Å². The molecule has 152 valence electrons. The highest BCUT2D eigenvalue weighted by molar-refractivity contribution is 7.99. The van der Waals surface area contributed by atoms with Crippen molar-refractivity contribution in [2.24, 2.45) is 0 Å². The van der Waals surface area contributed by atoms with E-state index in [1.807, 2.05) is 37.3 Å². The Kier molecular flexibility index (Phi) is 5.80. The van der Waals surface area contributed by atoms with Crippen molar-refractivity contribution in [2.75, 3.05) is 11.9 Å². The molecule has 8 nitrogen and oxygen atoms in total. The first kappa shape index (κ1) is 19.7. The van der Waals surface area contributed by atoms with E-state index < -0.39 is 5.69 Å². The van der Waals surface area contributed by atoms with Crippen molar-refractivity contribution in [1.82, 2.24) is 19.4 Å². The fraction of sp³-hybridized carbons (Fsp3) is 0.143. The second-order valence-electron chi connectivity index (χ2n) is 6.30.